The van der Waals surface area contributed by atoms with Gasteiger partial charge in [0.25, 0.3) is 0 Å². The number of H-pyrrole nitrogens is 1. The molecule has 2 aromatic heterocycles. The van der Waals surface area contributed by atoms with Crippen LogP contribution in [0, 0.1) is 6.92 Å². The van der Waals surface area contributed by atoms with Gasteiger partial charge in [0.1, 0.15) is 5.52 Å². The van der Waals surface area contributed by atoms with E-state index in [2.05, 4.69) is 25.3 Å². The van der Waals surface area contributed by atoms with Gasteiger partial charge in [-0.05, 0) is 36.2 Å². The number of aromatic amines is 1. The molecule has 0 spiro atoms. The summed E-state index contributed by atoms with van der Waals surface area (Å²) < 4.78 is 0. The minimum Gasteiger partial charge on any atom is -0.340 e. The summed E-state index contributed by atoms with van der Waals surface area (Å²) >= 11 is 5.86. The highest BCUT2D eigenvalue weighted by atomic mass is 35.5. The zero-order chi connectivity index (χ0) is 12.5. The van der Waals surface area contributed by atoms with Crippen LogP contribution in [0.5, 0.6) is 0 Å². The summed E-state index contributed by atoms with van der Waals surface area (Å²) in [7, 11) is 0. The Balaban J connectivity index is 2.06. The van der Waals surface area contributed by atoms with Crippen LogP contribution < -0.4 is 5.32 Å². The molecule has 90 valence electrons. The van der Waals surface area contributed by atoms with Crippen molar-refractivity contribution in [2.45, 2.75) is 6.92 Å². The van der Waals surface area contributed by atoms with Crippen LogP contribution >= 0.6 is 11.6 Å². The molecule has 0 fully saturated rings. The van der Waals surface area contributed by atoms with Crippen molar-refractivity contribution in [3.63, 3.8) is 0 Å². The topological polar surface area (TPSA) is 66.5 Å². The second-order valence-corrected chi connectivity index (χ2v) is 4.27. The lowest BCUT2D eigenvalue weighted by Gasteiger charge is -2.07. The Labute approximate surface area is 108 Å². The fourth-order valence-corrected chi connectivity index (χ4v) is 1.92. The standard InChI is InChI=1S/C12H10ClN5/c1-7-3-2-4-8(5-7)16-11-9-10(15-6-14-9)17-12(13)18-11/h2-6H,1H3,(H2,14,15,16,17,18). The van der Waals surface area contributed by atoms with Crippen molar-refractivity contribution in [3.05, 3.63) is 41.4 Å². The number of nitrogens with zero attached hydrogens (tertiary/aromatic N) is 3. The number of fused-ring (bicyclic) bond motifs is 1. The molecule has 0 saturated heterocycles. The lowest BCUT2D eigenvalue weighted by atomic mass is 10.2. The molecule has 0 bridgehead atoms. The molecule has 18 heavy (non-hydrogen) atoms. The number of aromatic nitrogens is 4. The van der Waals surface area contributed by atoms with Crippen LogP contribution in [0.4, 0.5) is 11.5 Å². The highest BCUT2D eigenvalue weighted by Gasteiger charge is 2.08. The van der Waals surface area contributed by atoms with Gasteiger partial charge in [-0.25, -0.2) is 4.98 Å². The summed E-state index contributed by atoms with van der Waals surface area (Å²) in [5.41, 5.74) is 3.40. The van der Waals surface area contributed by atoms with Crippen LogP contribution in [0.1, 0.15) is 5.56 Å². The maximum Gasteiger partial charge on any atom is 0.226 e. The first-order valence-corrected chi connectivity index (χ1v) is 5.80. The summed E-state index contributed by atoms with van der Waals surface area (Å²) in [6.07, 6.45) is 1.57. The molecule has 0 atom stereocenters. The third-order valence-electron chi connectivity index (χ3n) is 2.54. The van der Waals surface area contributed by atoms with E-state index in [4.69, 9.17) is 11.6 Å². The number of nitrogens with one attached hydrogen (secondary N) is 2. The smallest absolute Gasteiger partial charge is 0.226 e. The van der Waals surface area contributed by atoms with Gasteiger partial charge in [0.2, 0.25) is 5.28 Å². The fourth-order valence-electron chi connectivity index (χ4n) is 1.76. The molecule has 3 rings (SSSR count). The van der Waals surface area contributed by atoms with Crippen molar-refractivity contribution in [2.24, 2.45) is 0 Å². The highest BCUT2D eigenvalue weighted by Crippen LogP contribution is 2.23. The minimum absolute atomic E-state index is 0.171. The number of rotatable bonds is 2. The van der Waals surface area contributed by atoms with Gasteiger partial charge < -0.3 is 10.3 Å². The Morgan fingerprint density at radius 3 is 3.00 bits per heavy atom. The molecule has 0 saturated carbocycles. The van der Waals surface area contributed by atoms with E-state index in [1.807, 2.05) is 31.2 Å². The number of hydrogen-bond acceptors (Lipinski definition) is 4. The molecule has 0 aliphatic rings. The van der Waals surface area contributed by atoms with E-state index in [0.29, 0.717) is 11.5 Å². The third kappa shape index (κ3) is 2.00. The van der Waals surface area contributed by atoms with Gasteiger partial charge in [-0.2, -0.15) is 9.97 Å². The van der Waals surface area contributed by atoms with Crippen molar-refractivity contribution in [1.82, 2.24) is 19.9 Å². The second-order valence-electron chi connectivity index (χ2n) is 3.94. The molecule has 0 unspecified atom stereocenters. The number of benzene rings is 1. The molecule has 2 N–H and O–H groups in total. The van der Waals surface area contributed by atoms with Gasteiger partial charge in [-0.1, -0.05) is 12.1 Å². The first kappa shape index (κ1) is 11.0. The highest BCUT2D eigenvalue weighted by molar-refractivity contribution is 6.28. The van der Waals surface area contributed by atoms with Crippen molar-refractivity contribution < 1.29 is 0 Å². The summed E-state index contributed by atoms with van der Waals surface area (Å²) in [6.45, 7) is 2.03. The van der Waals surface area contributed by atoms with Gasteiger partial charge in [0, 0.05) is 5.69 Å². The van der Waals surface area contributed by atoms with Crippen molar-refractivity contribution >= 4 is 34.3 Å². The van der Waals surface area contributed by atoms with Crippen molar-refractivity contribution in [3.8, 4) is 0 Å². The molecule has 0 radical (unpaired) electrons. The molecule has 0 amide bonds. The number of imidazole rings is 1. The van der Waals surface area contributed by atoms with Crippen LogP contribution in [-0.4, -0.2) is 19.9 Å². The zero-order valence-corrected chi connectivity index (χ0v) is 10.4. The van der Waals surface area contributed by atoms with Gasteiger partial charge in [0.05, 0.1) is 6.33 Å². The summed E-state index contributed by atoms with van der Waals surface area (Å²) in [4.78, 5) is 15.3. The molecule has 0 aliphatic heterocycles. The predicted molar refractivity (Wildman–Crippen MR) is 71.2 cm³/mol. The molecule has 5 nitrogen and oxygen atoms in total. The Bertz CT molecular complexity index is 707. The third-order valence-corrected chi connectivity index (χ3v) is 2.71. The first-order chi connectivity index (χ1) is 8.72. The van der Waals surface area contributed by atoms with E-state index in [0.717, 1.165) is 11.2 Å². The van der Waals surface area contributed by atoms with E-state index in [-0.39, 0.29) is 5.28 Å². The molecule has 6 heteroatoms. The number of halogens is 1. The lowest BCUT2D eigenvalue weighted by molar-refractivity contribution is 1.20. The van der Waals surface area contributed by atoms with Gasteiger partial charge in [-0.15, -0.1) is 0 Å². The fraction of sp³-hybridized carbons (Fsp3) is 0.0833. The molecule has 0 aliphatic carbocycles. The zero-order valence-electron chi connectivity index (χ0n) is 9.61. The summed E-state index contributed by atoms with van der Waals surface area (Å²) in [6, 6.07) is 8.00. The molecule has 1 aromatic carbocycles. The van der Waals surface area contributed by atoms with Crippen LogP contribution in [0.15, 0.2) is 30.6 Å². The maximum atomic E-state index is 5.86. The van der Waals surface area contributed by atoms with Crippen LogP contribution in [0.2, 0.25) is 5.28 Å². The second kappa shape index (κ2) is 4.27. The van der Waals surface area contributed by atoms with Gasteiger partial charge in [-0.3, -0.25) is 0 Å². The SMILES string of the molecule is Cc1cccc(Nc2nc(Cl)nc3nc[nH]c23)c1. The number of hydrogen-bond donors (Lipinski definition) is 2. The van der Waals surface area contributed by atoms with Crippen molar-refractivity contribution in [1.29, 1.82) is 0 Å². The average molecular weight is 260 g/mol. The predicted octanol–water partition coefficient (Wildman–Crippen LogP) is 3.06. The Kier molecular flexibility index (Phi) is 2.60. The Morgan fingerprint density at radius 1 is 1.28 bits per heavy atom. The van der Waals surface area contributed by atoms with E-state index in [1.165, 1.54) is 5.56 Å². The first-order valence-electron chi connectivity index (χ1n) is 5.43. The van der Waals surface area contributed by atoms with Crippen LogP contribution in [0.25, 0.3) is 11.2 Å². The monoisotopic (exact) mass is 259 g/mol. The summed E-state index contributed by atoms with van der Waals surface area (Å²) in [5, 5.41) is 3.38. The van der Waals surface area contributed by atoms with Crippen molar-refractivity contribution in [2.75, 3.05) is 5.32 Å². The number of aryl methyl sites for hydroxylation is 1. The largest absolute Gasteiger partial charge is 0.340 e. The molecule has 2 heterocycles. The van der Waals surface area contributed by atoms with E-state index in [9.17, 15) is 0 Å². The number of anilines is 2. The minimum atomic E-state index is 0.171. The molecule has 3 aromatic rings. The summed E-state index contributed by atoms with van der Waals surface area (Å²) in [5.74, 6) is 0.619. The quantitative estimate of drug-likeness (QED) is 0.694. The van der Waals surface area contributed by atoms with Crippen LogP contribution in [0.3, 0.4) is 0 Å². The lowest BCUT2D eigenvalue weighted by Crippen LogP contribution is -1.97. The van der Waals surface area contributed by atoms with E-state index >= 15 is 0 Å². The molecular formula is C12H10ClN5. The van der Waals surface area contributed by atoms with Gasteiger partial charge >= 0.3 is 0 Å². The maximum absolute atomic E-state index is 5.86. The van der Waals surface area contributed by atoms with Gasteiger partial charge in [0.15, 0.2) is 11.5 Å². The van der Waals surface area contributed by atoms with E-state index in [1.54, 1.807) is 6.33 Å². The normalized spacial score (nSPS) is 10.8. The van der Waals surface area contributed by atoms with Crippen LogP contribution in [-0.2, 0) is 0 Å². The Morgan fingerprint density at radius 2 is 2.17 bits per heavy atom. The average Bonchev–Trinajstić information content (AvgIpc) is 2.77. The Hall–Kier alpha value is -2.14. The van der Waals surface area contributed by atoms with E-state index < -0.39 is 0 Å². The molecular weight excluding hydrogens is 250 g/mol.